The molecule has 6 nitrogen and oxygen atoms in total. The second-order valence-electron chi connectivity index (χ2n) is 5.32. The van der Waals surface area contributed by atoms with Crippen LogP contribution >= 0.6 is 19.6 Å². The van der Waals surface area contributed by atoms with E-state index >= 15 is 0 Å². The Kier molecular flexibility index (Phi) is 10.6. The molecule has 0 saturated heterocycles. The molecule has 0 bridgehead atoms. The van der Waals surface area contributed by atoms with Gasteiger partial charge in [-0.2, -0.15) is 0 Å². The van der Waals surface area contributed by atoms with Crippen LogP contribution in [0.25, 0.3) is 0 Å². The lowest BCUT2D eigenvalue weighted by atomic mass is 10.1. The molecule has 4 N–H and O–H groups in total. The minimum atomic E-state index is -4.64. The van der Waals surface area contributed by atoms with Crippen LogP contribution in [0.15, 0.2) is 59.5 Å². The van der Waals surface area contributed by atoms with E-state index in [1.54, 1.807) is 11.8 Å². The van der Waals surface area contributed by atoms with Gasteiger partial charge in [0.25, 0.3) is 0 Å². The van der Waals surface area contributed by atoms with Gasteiger partial charge in [0.15, 0.2) is 0 Å². The van der Waals surface area contributed by atoms with E-state index in [1.807, 2.05) is 12.1 Å². The lowest BCUT2D eigenvalue weighted by Gasteiger charge is -2.21. The molecule has 0 aromatic heterocycles. The minimum Gasteiger partial charge on any atom is -0.485 e. The van der Waals surface area contributed by atoms with Gasteiger partial charge in [-0.15, -0.1) is 11.8 Å². The maximum atomic E-state index is 8.88. The second kappa shape index (κ2) is 12.1. The zero-order chi connectivity index (χ0) is 19.4. The highest BCUT2D eigenvalue weighted by molar-refractivity contribution is 7.98. The van der Waals surface area contributed by atoms with E-state index in [-0.39, 0.29) is 6.10 Å². The molecule has 0 saturated carbocycles. The van der Waals surface area contributed by atoms with Crippen LogP contribution in [0.3, 0.4) is 0 Å². The van der Waals surface area contributed by atoms with Crippen molar-refractivity contribution in [3.63, 3.8) is 0 Å². The van der Waals surface area contributed by atoms with Crippen molar-refractivity contribution in [3.8, 4) is 5.75 Å². The smallest absolute Gasteiger partial charge is 0.466 e. The van der Waals surface area contributed by atoms with Crippen molar-refractivity contribution in [2.45, 2.75) is 24.3 Å². The van der Waals surface area contributed by atoms with Gasteiger partial charge in [-0.1, -0.05) is 49.4 Å². The van der Waals surface area contributed by atoms with E-state index in [1.165, 1.54) is 10.5 Å². The van der Waals surface area contributed by atoms with Crippen LogP contribution in [0.1, 0.15) is 25.0 Å². The molecule has 144 valence electrons. The molecule has 8 heteroatoms. The van der Waals surface area contributed by atoms with E-state index in [2.05, 4.69) is 61.0 Å². The number of benzene rings is 2. The van der Waals surface area contributed by atoms with E-state index in [0.717, 1.165) is 25.3 Å². The van der Waals surface area contributed by atoms with Crippen LogP contribution in [-0.2, 0) is 4.57 Å². The minimum absolute atomic E-state index is 0.0820. The van der Waals surface area contributed by atoms with Gasteiger partial charge in [0.2, 0.25) is 0 Å². The lowest BCUT2D eigenvalue weighted by Crippen LogP contribution is -2.19. The van der Waals surface area contributed by atoms with Gasteiger partial charge < -0.3 is 24.7 Å². The quantitative estimate of drug-likeness (QED) is 0.306. The Morgan fingerprint density at radius 1 is 1.08 bits per heavy atom. The van der Waals surface area contributed by atoms with Gasteiger partial charge in [-0.3, -0.25) is 0 Å². The number of thioether (sulfide) groups is 1. The topological polar surface area (TPSA) is 99.0 Å². The van der Waals surface area contributed by atoms with Crippen LogP contribution in [0.2, 0.25) is 0 Å². The van der Waals surface area contributed by atoms with Crippen LogP contribution in [0.5, 0.6) is 5.75 Å². The molecule has 0 amide bonds. The first-order valence-electron chi connectivity index (χ1n) is 8.18. The molecule has 1 unspecified atom stereocenters. The first-order chi connectivity index (χ1) is 12.3. The summed E-state index contributed by atoms with van der Waals surface area (Å²) in [5, 5.41) is 3.38. The molecule has 0 heterocycles. The Hall–Kier alpha value is -1.34. The monoisotopic (exact) mass is 399 g/mol. The molecule has 0 spiro atoms. The van der Waals surface area contributed by atoms with Crippen molar-refractivity contribution in [1.29, 1.82) is 0 Å². The Labute approximate surface area is 158 Å². The summed E-state index contributed by atoms with van der Waals surface area (Å²) in [6.07, 6.45) is 3.12. The molecule has 0 radical (unpaired) electrons. The number of nitrogens with one attached hydrogen (secondary N) is 1. The summed E-state index contributed by atoms with van der Waals surface area (Å²) in [5.74, 6) is 0.968. The standard InChI is InChI=1S/C18H23NOS.H3O4P/c1-3-19-14-13-16(15-9-5-4-6-10-15)20-17-11-7-8-12-18(17)21-2;1-5(2,3)4/h4-12,16,19H,3,13-14H2,1-2H3;(H3,1,2,3,4). The summed E-state index contributed by atoms with van der Waals surface area (Å²) in [7, 11) is -4.64. The molecular weight excluding hydrogens is 373 g/mol. The molecule has 0 aliphatic carbocycles. The zero-order valence-electron chi connectivity index (χ0n) is 14.9. The van der Waals surface area contributed by atoms with E-state index in [0.29, 0.717) is 0 Å². The summed E-state index contributed by atoms with van der Waals surface area (Å²) in [4.78, 5) is 22.7. The van der Waals surface area contributed by atoms with E-state index in [9.17, 15) is 0 Å². The number of hydrogen-bond acceptors (Lipinski definition) is 4. The SMILES string of the molecule is CCNCCC(Oc1ccccc1SC)c1ccccc1.O=P(O)(O)O. The lowest BCUT2D eigenvalue weighted by molar-refractivity contribution is 0.189. The van der Waals surface area contributed by atoms with Gasteiger partial charge in [0.05, 0.1) is 0 Å². The van der Waals surface area contributed by atoms with Gasteiger partial charge in [0, 0.05) is 11.3 Å². The van der Waals surface area contributed by atoms with E-state index in [4.69, 9.17) is 24.0 Å². The predicted molar refractivity (Wildman–Crippen MR) is 105 cm³/mol. The molecule has 0 aliphatic heterocycles. The summed E-state index contributed by atoms with van der Waals surface area (Å²) >= 11 is 1.72. The fraction of sp³-hybridized carbons (Fsp3) is 0.333. The fourth-order valence-corrected chi connectivity index (χ4v) is 2.77. The summed E-state index contributed by atoms with van der Waals surface area (Å²) in [6.45, 7) is 4.07. The Balaban J connectivity index is 0.000000597. The van der Waals surface area contributed by atoms with Crippen molar-refractivity contribution in [2.24, 2.45) is 0 Å². The van der Waals surface area contributed by atoms with Gasteiger partial charge in [0.1, 0.15) is 11.9 Å². The first-order valence-corrected chi connectivity index (χ1v) is 11.0. The summed E-state index contributed by atoms with van der Waals surface area (Å²) in [6, 6.07) is 18.7. The molecular formula is C18H26NO5PS. The van der Waals surface area contributed by atoms with Crippen molar-refractivity contribution < 1.29 is 24.0 Å². The van der Waals surface area contributed by atoms with Crippen LogP contribution in [-0.4, -0.2) is 34.0 Å². The third-order valence-electron chi connectivity index (χ3n) is 3.34. The third kappa shape index (κ3) is 9.97. The highest BCUT2D eigenvalue weighted by Crippen LogP contribution is 2.32. The molecule has 0 aliphatic rings. The molecule has 0 fully saturated rings. The molecule has 2 rings (SSSR count). The van der Waals surface area contributed by atoms with Crippen LogP contribution in [0, 0.1) is 0 Å². The second-order valence-corrected chi connectivity index (χ2v) is 7.20. The zero-order valence-corrected chi connectivity index (χ0v) is 16.6. The average Bonchev–Trinajstić information content (AvgIpc) is 2.61. The van der Waals surface area contributed by atoms with Crippen molar-refractivity contribution in [2.75, 3.05) is 19.3 Å². The summed E-state index contributed by atoms with van der Waals surface area (Å²) in [5.41, 5.74) is 1.23. The number of ether oxygens (including phenoxy) is 1. The largest absolute Gasteiger partial charge is 0.485 e. The third-order valence-corrected chi connectivity index (χ3v) is 4.12. The predicted octanol–water partition coefficient (Wildman–Crippen LogP) is 3.60. The molecule has 26 heavy (non-hydrogen) atoms. The number of rotatable bonds is 8. The molecule has 1 atom stereocenters. The summed E-state index contributed by atoms with van der Waals surface area (Å²) < 4.78 is 15.2. The van der Waals surface area contributed by atoms with Crippen molar-refractivity contribution in [3.05, 3.63) is 60.2 Å². The maximum Gasteiger partial charge on any atom is 0.466 e. The van der Waals surface area contributed by atoms with E-state index < -0.39 is 7.82 Å². The normalized spacial score (nSPS) is 12.0. The average molecular weight is 399 g/mol. The molecule has 2 aromatic carbocycles. The van der Waals surface area contributed by atoms with Crippen molar-refractivity contribution >= 4 is 19.6 Å². The number of para-hydroxylation sites is 1. The fourth-order valence-electron chi connectivity index (χ4n) is 2.24. The van der Waals surface area contributed by atoms with Gasteiger partial charge >= 0.3 is 7.82 Å². The highest BCUT2D eigenvalue weighted by atomic mass is 32.2. The Morgan fingerprint density at radius 3 is 2.23 bits per heavy atom. The maximum absolute atomic E-state index is 8.88. The number of hydrogen-bond donors (Lipinski definition) is 4. The highest BCUT2D eigenvalue weighted by Gasteiger charge is 2.14. The first kappa shape index (κ1) is 22.7. The van der Waals surface area contributed by atoms with Crippen LogP contribution < -0.4 is 10.1 Å². The Bertz CT molecular complexity index is 672. The van der Waals surface area contributed by atoms with Crippen LogP contribution in [0.4, 0.5) is 0 Å². The number of phosphoric acid groups is 1. The van der Waals surface area contributed by atoms with Crippen molar-refractivity contribution in [1.82, 2.24) is 5.32 Å². The Morgan fingerprint density at radius 2 is 1.65 bits per heavy atom. The molecule has 2 aromatic rings. The van der Waals surface area contributed by atoms with Gasteiger partial charge in [-0.05, 0) is 37.0 Å². The van der Waals surface area contributed by atoms with Gasteiger partial charge in [-0.25, -0.2) is 4.57 Å².